The van der Waals surface area contributed by atoms with E-state index < -0.39 is 6.61 Å². The van der Waals surface area contributed by atoms with E-state index in [9.17, 15) is 13.6 Å². The number of benzene rings is 1. The molecule has 1 heterocycles. The Morgan fingerprint density at radius 3 is 2.86 bits per heavy atom. The molecule has 2 rings (SSSR count). The van der Waals surface area contributed by atoms with E-state index in [-0.39, 0.29) is 11.7 Å². The van der Waals surface area contributed by atoms with E-state index in [4.69, 9.17) is 0 Å². The Morgan fingerprint density at radius 2 is 2.27 bits per heavy atom. The number of likely N-dealkylation sites (tertiary alicyclic amines) is 1. The van der Waals surface area contributed by atoms with Gasteiger partial charge >= 0.3 is 6.61 Å². The van der Waals surface area contributed by atoms with E-state index in [1.165, 1.54) is 0 Å². The molecule has 1 amide bonds. The van der Waals surface area contributed by atoms with Crippen LogP contribution in [0.2, 0.25) is 0 Å². The van der Waals surface area contributed by atoms with Crippen LogP contribution in [-0.4, -0.2) is 35.8 Å². The molecule has 122 valence electrons. The molecular formula is C16H21F2NO2S. The second-order valence-corrected chi connectivity index (χ2v) is 6.77. The van der Waals surface area contributed by atoms with Crippen LogP contribution in [-0.2, 0) is 11.2 Å². The number of carbonyl (C=O) groups is 1. The Hall–Kier alpha value is -1.30. The van der Waals surface area contributed by atoms with Crippen LogP contribution < -0.4 is 4.74 Å². The number of carbonyl (C=O) groups excluding carboxylic acids is 1. The number of amides is 1. The third kappa shape index (κ3) is 4.60. The Bertz CT molecular complexity index is 525. The van der Waals surface area contributed by atoms with Gasteiger partial charge in [0.15, 0.2) is 0 Å². The highest BCUT2D eigenvalue weighted by Gasteiger charge is 2.25. The summed E-state index contributed by atoms with van der Waals surface area (Å²) in [6, 6.07) is 5.37. The molecule has 0 aliphatic carbocycles. The molecule has 6 heteroatoms. The Labute approximate surface area is 134 Å². The van der Waals surface area contributed by atoms with Gasteiger partial charge < -0.3 is 9.64 Å². The zero-order valence-electron chi connectivity index (χ0n) is 12.9. The topological polar surface area (TPSA) is 29.5 Å². The van der Waals surface area contributed by atoms with Crippen LogP contribution in [0.4, 0.5) is 8.78 Å². The van der Waals surface area contributed by atoms with Crippen molar-refractivity contribution in [3.8, 4) is 5.75 Å². The lowest BCUT2D eigenvalue weighted by Gasteiger charge is -2.15. The fraction of sp³-hybridized carbons (Fsp3) is 0.562. The summed E-state index contributed by atoms with van der Waals surface area (Å²) in [5, 5.41) is 0.361. The van der Waals surface area contributed by atoms with E-state index in [1.807, 2.05) is 24.0 Å². The quantitative estimate of drug-likeness (QED) is 0.791. The van der Waals surface area contributed by atoms with Crippen molar-refractivity contribution < 1.29 is 18.3 Å². The van der Waals surface area contributed by atoms with Crippen LogP contribution in [0, 0.1) is 0 Å². The Balaban J connectivity index is 2.05. The van der Waals surface area contributed by atoms with Gasteiger partial charge in [-0.05, 0) is 36.6 Å². The first-order valence-electron chi connectivity index (χ1n) is 7.49. The maximum Gasteiger partial charge on any atom is 0.387 e. The number of nitrogens with zero attached hydrogens (tertiary/aromatic N) is 1. The van der Waals surface area contributed by atoms with E-state index >= 15 is 0 Å². The van der Waals surface area contributed by atoms with Gasteiger partial charge in [-0.1, -0.05) is 13.3 Å². The second-order valence-electron chi connectivity index (χ2n) is 5.39. The third-order valence-corrected chi connectivity index (χ3v) is 4.90. The summed E-state index contributed by atoms with van der Waals surface area (Å²) in [7, 11) is 0. The van der Waals surface area contributed by atoms with Crippen molar-refractivity contribution in [1.82, 2.24) is 4.90 Å². The summed E-state index contributed by atoms with van der Waals surface area (Å²) in [6.07, 6.45) is 2.54. The van der Waals surface area contributed by atoms with Crippen LogP contribution in [0.3, 0.4) is 0 Å². The van der Waals surface area contributed by atoms with Gasteiger partial charge in [0, 0.05) is 30.2 Å². The molecule has 0 N–H and O–H groups in total. The fourth-order valence-corrected chi connectivity index (χ4v) is 3.83. The van der Waals surface area contributed by atoms with Crippen molar-refractivity contribution in [1.29, 1.82) is 0 Å². The maximum absolute atomic E-state index is 12.4. The Morgan fingerprint density at radius 1 is 1.50 bits per heavy atom. The summed E-state index contributed by atoms with van der Waals surface area (Å²) in [6.45, 7) is 2.34. The number of aryl methyl sites for hydroxylation is 1. The second kappa shape index (κ2) is 7.81. The largest absolute Gasteiger partial charge is 0.435 e. The molecule has 1 aliphatic rings. The zero-order valence-corrected chi connectivity index (χ0v) is 13.7. The molecule has 1 aromatic carbocycles. The van der Waals surface area contributed by atoms with Gasteiger partial charge in [0.25, 0.3) is 0 Å². The fourth-order valence-electron chi connectivity index (χ4n) is 2.61. The van der Waals surface area contributed by atoms with E-state index in [1.54, 1.807) is 24.8 Å². The minimum Gasteiger partial charge on any atom is -0.435 e. The number of alkyl halides is 2. The average molecular weight is 329 g/mol. The van der Waals surface area contributed by atoms with Gasteiger partial charge in [-0.2, -0.15) is 8.78 Å². The first-order valence-corrected chi connectivity index (χ1v) is 8.37. The van der Waals surface area contributed by atoms with Crippen LogP contribution in [0.15, 0.2) is 23.1 Å². The highest BCUT2D eigenvalue weighted by molar-refractivity contribution is 8.00. The molecule has 1 aliphatic heterocycles. The first-order chi connectivity index (χ1) is 10.5. The van der Waals surface area contributed by atoms with Gasteiger partial charge in [-0.25, -0.2) is 0 Å². The average Bonchev–Trinajstić information content (AvgIpc) is 2.90. The highest BCUT2D eigenvalue weighted by Crippen LogP contribution is 2.33. The van der Waals surface area contributed by atoms with Crippen molar-refractivity contribution in [2.24, 2.45) is 0 Å². The number of thioether (sulfide) groups is 1. The molecule has 1 aromatic rings. The molecule has 0 bridgehead atoms. The van der Waals surface area contributed by atoms with Crippen LogP contribution in [0.25, 0.3) is 0 Å². The molecule has 1 unspecified atom stereocenters. The lowest BCUT2D eigenvalue weighted by Crippen LogP contribution is -2.26. The molecule has 22 heavy (non-hydrogen) atoms. The van der Waals surface area contributed by atoms with Crippen molar-refractivity contribution in [2.75, 3.05) is 13.1 Å². The Kier molecular flexibility index (Phi) is 6.06. The molecule has 3 nitrogen and oxygen atoms in total. The van der Waals surface area contributed by atoms with E-state index in [0.29, 0.717) is 11.7 Å². The standard InChI is InChI=1S/C16H21F2NO2S/c1-3-4-12-9-13(5-6-15(12)21-16(17)18)22-14-7-8-19(10-14)11(2)20/h5-6,9,14,16H,3-4,7-8,10H2,1-2H3. The molecule has 1 saturated heterocycles. The number of ether oxygens (including phenoxy) is 1. The molecule has 0 radical (unpaired) electrons. The zero-order chi connectivity index (χ0) is 16.1. The number of hydrogen-bond acceptors (Lipinski definition) is 3. The summed E-state index contributed by atoms with van der Waals surface area (Å²) in [5.41, 5.74) is 0.814. The highest BCUT2D eigenvalue weighted by atomic mass is 32.2. The number of rotatable bonds is 6. The van der Waals surface area contributed by atoms with Crippen LogP contribution in [0.1, 0.15) is 32.3 Å². The van der Waals surface area contributed by atoms with Crippen molar-refractivity contribution in [2.45, 2.75) is 49.9 Å². The monoisotopic (exact) mass is 329 g/mol. The van der Waals surface area contributed by atoms with Gasteiger partial charge in [0.05, 0.1) is 0 Å². The minimum absolute atomic E-state index is 0.107. The summed E-state index contributed by atoms with van der Waals surface area (Å²) >= 11 is 1.70. The third-order valence-electron chi connectivity index (χ3n) is 3.66. The van der Waals surface area contributed by atoms with Crippen molar-refractivity contribution in [3.63, 3.8) is 0 Å². The molecule has 0 aromatic heterocycles. The molecule has 1 atom stereocenters. The van der Waals surface area contributed by atoms with Gasteiger partial charge in [0.2, 0.25) is 5.91 Å². The molecule has 0 saturated carbocycles. The summed E-state index contributed by atoms with van der Waals surface area (Å²) in [4.78, 5) is 14.2. The maximum atomic E-state index is 12.4. The lowest BCUT2D eigenvalue weighted by molar-refractivity contribution is -0.127. The lowest BCUT2D eigenvalue weighted by atomic mass is 10.1. The SMILES string of the molecule is CCCc1cc(SC2CCN(C(C)=O)C2)ccc1OC(F)F. The normalized spacial score (nSPS) is 18.0. The van der Waals surface area contributed by atoms with E-state index in [2.05, 4.69) is 4.74 Å². The summed E-state index contributed by atoms with van der Waals surface area (Å²) < 4.78 is 29.4. The molecule has 1 fully saturated rings. The predicted molar refractivity (Wildman–Crippen MR) is 83.6 cm³/mol. The van der Waals surface area contributed by atoms with Gasteiger partial charge in [-0.3, -0.25) is 4.79 Å². The van der Waals surface area contributed by atoms with Gasteiger partial charge in [0.1, 0.15) is 5.75 Å². The van der Waals surface area contributed by atoms with Gasteiger partial charge in [-0.15, -0.1) is 11.8 Å². The summed E-state index contributed by atoms with van der Waals surface area (Å²) in [5.74, 6) is 0.369. The smallest absolute Gasteiger partial charge is 0.387 e. The number of halogens is 2. The van der Waals surface area contributed by atoms with Crippen LogP contribution >= 0.6 is 11.8 Å². The van der Waals surface area contributed by atoms with Crippen molar-refractivity contribution >= 4 is 17.7 Å². The minimum atomic E-state index is -2.80. The molecule has 0 spiro atoms. The first kappa shape index (κ1) is 17.1. The van der Waals surface area contributed by atoms with Crippen molar-refractivity contribution in [3.05, 3.63) is 23.8 Å². The van der Waals surface area contributed by atoms with E-state index in [0.717, 1.165) is 36.4 Å². The predicted octanol–water partition coefficient (Wildman–Crippen LogP) is 3.95. The number of hydrogen-bond donors (Lipinski definition) is 0. The molecular weight excluding hydrogens is 308 g/mol. The van der Waals surface area contributed by atoms with Crippen LogP contribution in [0.5, 0.6) is 5.75 Å².